The van der Waals surface area contributed by atoms with Crippen LogP contribution in [0.4, 0.5) is 4.79 Å². The van der Waals surface area contributed by atoms with Gasteiger partial charge in [-0.05, 0) is 83.8 Å². The maximum atomic E-state index is 13.0. The average Bonchev–Trinajstić information content (AvgIpc) is 3.26. The monoisotopic (exact) mass is 866 g/mol. The summed E-state index contributed by atoms with van der Waals surface area (Å²) in [6.07, 6.45) is 36.7. The summed E-state index contributed by atoms with van der Waals surface area (Å²) in [6.45, 7) is 15.2. The summed E-state index contributed by atoms with van der Waals surface area (Å²) < 4.78 is 34.1. The van der Waals surface area contributed by atoms with Crippen LogP contribution in [0.15, 0.2) is 24.3 Å². The van der Waals surface area contributed by atoms with Crippen molar-refractivity contribution in [2.75, 3.05) is 59.3 Å². The summed E-state index contributed by atoms with van der Waals surface area (Å²) in [6, 6.07) is 0. The van der Waals surface area contributed by atoms with Gasteiger partial charge in [-0.1, -0.05) is 155 Å². The van der Waals surface area contributed by atoms with E-state index >= 15 is 0 Å². The van der Waals surface area contributed by atoms with Gasteiger partial charge in [0.1, 0.15) is 19.8 Å². The van der Waals surface area contributed by atoms with E-state index in [9.17, 15) is 14.4 Å². The first-order chi connectivity index (χ1) is 29.9. The summed E-state index contributed by atoms with van der Waals surface area (Å²) >= 11 is 0. The molecule has 0 spiro atoms. The van der Waals surface area contributed by atoms with E-state index in [1.165, 1.54) is 77.0 Å². The van der Waals surface area contributed by atoms with E-state index in [2.05, 4.69) is 63.8 Å². The SMILES string of the molecule is CCCCC/C=C\C/C=C\CCCCCCCC(=O)OCC(COC(=O)CCC(OCCCCCCCC)OCCCCCCCC)COC(=O)OCCCCN(CC)CC. The summed E-state index contributed by atoms with van der Waals surface area (Å²) in [5.41, 5.74) is 0. The molecule has 0 aliphatic rings. The van der Waals surface area contributed by atoms with Gasteiger partial charge in [0.2, 0.25) is 0 Å². The zero-order valence-corrected chi connectivity index (χ0v) is 40.2. The highest BCUT2D eigenvalue weighted by Gasteiger charge is 2.20. The highest BCUT2D eigenvalue weighted by Crippen LogP contribution is 2.14. The Hall–Kier alpha value is -2.43. The Labute approximate surface area is 375 Å². The molecule has 0 heterocycles. The number of rotatable bonds is 46. The maximum Gasteiger partial charge on any atom is 0.508 e. The quantitative estimate of drug-likeness (QED) is 0.0193. The van der Waals surface area contributed by atoms with Crippen molar-refractivity contribution >= 4 is 18.1 Å². The van der Waals surface area contributed by atoms with E-state index in [1.54, 1.807) is 0 Å². The van der Waals surface area contributed by atoms with Crippen LogP contribution in [0.1, 0.15) is 214 Å². The number of esters is 2. The number of unbranched alkanes of at least 4 members (excludes halogenated alkanes) is 19. The molecule has 0 aliphatic heterocycles. The van der Waals surface area contributed by atoms with Crippen molar-refractivity contribution in [3.8, 4) is 0 Å². The molecule has 1 atom stereocenters. The Kier molecular flexibility index (Phi) is 45.2. The lowest BCUT2D eigenvalue weighted by atomic mass is 10.1. The third kappa shape index (κ3) is 42.6. The third-order valence-corrected chi connectivity index (χ3v) is 10.9. The Balaban J connectivity index is 4.86. The van der Waals surface area contributed by atoms with E-state index in [0.29, 0.717) is 26.1 Å². The van der Waals surface area contributed by atoms with E-state index in [-0.39, 0.29) is 38.8 Å². The van der Waals surface area contributed by atoms with E-state index < -0.39 is 24.3 Å². The van der Waals surface area contributed by atoms with Gasteiger partial charge in [-0.3, -0.25) is 9.59 Å². The van der Waals surface area contributed by atoms with Gasteiger partial charge in [-0.2, -0.15) is 0 Å². The van der Waals surface area contributed by atoms with Crippen LogP contribution in [-0.4, -0.2) is 88.6 Å². The molecular formula is C51H95NO9. The Morgan fingerprint density at radius 3 is 1.49 bits per heavy atom. The van der Waals surface area contributed by atoms with Crippen molar-refractivity contribution in [1.82, 2.24) is 4.90 Å². The first-order valence-corrected chi connectivity index (χ1v) is 25.3. The summed E-state index contributed by atoms with van der Waals surface area (Å²) in [4.78, 5) is 40.4. The normalized spacial score (nSPS) is 12.2. The number of hydrogen-bond donors (Lipinski definition) is 0. The number of carbonyl (C=O) groups is 3. The minimum absolute atomic E-state index is 0.0190. The largest absolute Gasteiger partial charge is 0.508 e. The Bertz CT molecular complexity index is 1010. The molecule has 0 aromatic rings. The first-order valence-electron chi connectivity index (χ1n) is 25.3. The maximum absolute atomic E-state index is 13.0. The number of ether oxygens (including phenoxy) is 6. The lowest BCUT2D eigenvalue weighted by molar-refractivity contribution is -0.161. The van der Waals surface area contributed by atoms with E-state index in [1.807, 2.05) is 0 Å². The van der Waals surface area contributed by atoms with Crippen LogP contribution >= 0.6 is 0 Å². The van der Waals surface area contributed by atoms with Crippen LogP contribution in [-0.2, 0) is 38.0 Å². The van der Waals surface area contributed by atoms with Gasteiger partial charge >= 0.3 is 18.1 Å². The minimum atomic E-state index is -0.775. The first kappa shape index (κ1) is 58.6. The number of nitrogens with zero attached hydrogens (tertiary/aromatic N) is 1. The topological polar surface area (TPSA) is 110 Å². The van der Waals surface area contributed by atoms with Crippen molar-refractivity contribution in [1.29, 1.82) is 0 Å². The van der Waals surface area contributed by atoms with Crippen LogP contribution in [0.25, 0.3) is 0 Å². The summed E-state index contributed by atoms with van der Waals surface area (Å²) in [7, 11) is 0. The lowest BCUT2D eigenvalue weighted by Crippen LogP contribution is -2.27. The van der Waals surface area contributed by atoms with Crippen LogP contribution in [0.5, 0.6) is 0 Å². The van der Waals surface area contributed by atoms with Gasteiger partial charge in [-0.25, -0.2) is 4.79 Å². The number of hydrogen-bond acceptors (Lipinski definition) is 10. The van der Waals surface area contributed by atoms with Crippen LogP contribution in [0.3, 0.4) is 0 Å². The minimum Gasteiger partial charge on any atom is -0.465 e. The molecule has 0 aromatic carbocycles. The molecule has 1 unspecified atom stereocenters. The van der Waals surface area contributed by atoms with Crippen molar-refractivity contribution in [3.63, 3.8) is 0 Å². The second-order valence-corrected chi connectivity index (χ2v) is 16.6. The molecule has 0 bridgehead atoms. The Morgan fingerprint density at radius 1 is 0.459 bits per heavy atom. The molecule has 10 heteroatoms. The van der Waals surface area contributed by atoms with Crippen LogP contribution in [0, 0.1) is 5.92 Å². The van der Waals surface area contributed by atoms with Gasteiger partial charge < -0.3 is 33.3 Å². The van der Waals surface area contributed by atoms with Crippen LogP contribution in [0.2, 0.25) is 0 Å². The van der Waals surface area contributed by atoms with Gasteiger partial charge in [0.05, 0.1) is 18.9 Å². The van der Waals surface area contributed by atoms with E-state index in [0.717, 1.165) is 103 Å². The molecular weight excluding hydrogens is 771 g/mol. The molecule has 0 radical (unpaired) electrons. The van der Waals surface area contributed by atoms with Gasteiger partial charge in [0.15, 0.2) is 6.29 Å². The second kappa shape index (κ2) is 47.1. The van der Waals surface area contributed by atoms with E-state index in [4.69, 9.17) is 28.4 Å². The van der Waals surface area contributed by atoms with Gasteiger partial charge in [0, 0.05) is 26.1 Å². The lowest BCUT2D eigenvalue weighted by Gasteiger charge is -2.20. The number of carbonyl (C=O) groups excluding carboxylic acids is 3. The number of allylic oxidation sites excluding steroid dienone is 4. The molecule has 61 heavy (non-hydrogen) atoms. The van der Waals surface area contributed by atoms with Crippen molar-refractivity contribution in [2.45, 2.75) is 221 Å². The fourth-order valence-electron chi connectivity index (χ4n) is 6.80. The highest BCUT2D eigenvalue weighted by atomic mass is 16.7. The molecule has 0 aromatic heterocycles. The summed E-state index contributed by atoms with van der Waals surface area (Å²) in [5.74, 6) is -1.21. The summed E-state index contributed by atoms with van der Waals surface area (Å²) in [5, 5.41) is 0. The predicted octanol–water partition coefficient (Wildman–Crippen LogP) is 13.6. The fourth-order valence-corrected chi connectivity index (χ4v) is 6.80. The molecule has 10 nitrogen and oxygen atoms in total. The van der Waals surface area contributed by atoms with Crippen molar-refractivity contribution in [2.24, 2.45) is 5.92 Å². The van der Waals surface area contributed by atoms with Crippen molar-refractivity contribution < 1.29 is 42.8 Å². The molecule has 0 N–H and O–H groups in total. The standard InChI is InChI=1S/C51H95NO9/c1-6-11-14-17-20-21-22-23-24-25-26-27-28-29-32-37-48(53)59-44-47(46-61-51(55)58-43-36-33-40-52(9-4)10-5)45-60-49(54)38-39-50(56-41-34-30-18-15-12-7-2)57-42-35-31-19-16-13-8-3/h20-21,23-24,47,50H,6-19,22,25-46H2,1-5H3/b21-20-,24-23-. The third-order valence-electron chi connectivity index (χ3n) is 10.9. The fraction of sp³-hybridized carbons (Fsp3) is 0.863. The molecule has 0 amide bonds. The molecule has 0 saturated heterocycles. The smallest absolute Gasteiger partial charge is 0.465 e. The van der Waals surface area contributed by atoms with Gasteiger partial charge in [0.25, 0.3) is 0 Å². The molecule has 0 aliphatic carbocycles. The van der Waals surface area contributed by atoms with Gasteiger partial charge in [-0.15, -0.1) is 0 Å². The van der Waals surface area contributed by atoms with Crippen LogP contribution < -0.4 is 0 Å². The predicted molar refractivity (Wildman–Crippen MR) is 251 cm³/mol. The average molecular weight is 866 g/mol. The molecule has 358 valence electrons. The zero-order chi connectivity index (χ0) is 44.7. The molecule has 0 fully saturated rings. The highest BCUT2D eigenvalue weighted by molar-refractivity contribution is 5.69. The second-order valence-electron chi connectivity index (χ2n) is 16.6. The molecule has 0 rings (SSSR count). The molecule has 0 saturated carbocycles. The van der Waals surface area contributed by atoms with Crippen molar-refractivity contribution in [3.05, 3.63) is 24.3 Å². The zero-order valence-electron chi connectivity index (χ0n) is 40.2. The Morgan fingerprint density at radius 2 is 0.918 bits per heavy atom.